The number of rotatable bonds is 10. The molecule has 0 aliphatic carbocycles. The first-order valence-electron chi connectivity index (χ1n) is 10.3. The van der Waals surface area contributed by atoms with Gasteiger partial charge in [-0.2, -0.15) is 4.98 Å². The van der Waals surface area contributed by atoms with Crippen molar-refractivity contribution in [2.24, 2.45) is 7.05 Å². The number of H-pyrrole nitrogens is 1. The molecule has 3 N–H and O–H groups in total. The number of aliphatic hydroxyl groups excluding tert-OH is 1. The Kier molecular flexibility index (Phi) is 6.94. The normalized spacial score (nSPS) is 12.3. The van der Waals surface area contributed by atoms with Crippen molar-refractivity contribution in [3.8, 4) is 5.75 Å². The van der Waals surface area contributed by atoms with Crippen molar-refractivity contribution < 1.29 is 9.84 Å². The van der Waals surface area contributed by atoms with E-state index in [1.54, 1.807) is 11.6 Å². The second kappa shape index (κ2) is 9.62. The molecule has 1 atom stereocenters. The number of fused-ring (bicyclic) bond motifs is 1. The van der Waals surface area contributed by atoms with Crippen LogP contribution in [0.5, 0.6) is 5.75 Å². The number of imidazole rings is 1. The summed E-state index contributed by atoms with van der Waals surface area (Å²) in [6, 6.07) is 7.72. The van der Waals surface area contributed by atoms with E-state index < -0.39 is 17.4 Å². The fraction of sp³-hybridized carbons (Fsp3) is 0.476. The molecule has 0 bridgehead atoms. The second-order valence-corrected chi connectivity index (χ2v) is 7.28. The summed E-state index contributed by atoms with van der Waals surface area (Å²) in [7, 11) is 1.55. The average Bonchev–Trinajstić information content (AvgIpc) is 3.09. The second-order valence-electron chi connectivity index (χ2n) is 7.28. The van der Waals surface area contributed by atoms with Gasteiger partial charge in [0.15, 0.2) is 11.2 Å². The molecule has 0 saturated heterocycles. The summed E-state index contributed by atoms with van der Waals surface area (Å²) in [5.74, 6) is 1.13. The summed E-state index contributed by atoms with van der Waals surface area (Å²) in [5, 5.41) is 13.8. The average molecular weight is 415 g/mol. The minimum atomic E-state index is -0.879. The maximum atomic E-state index is 12.5. The lowest BCUT2D eigenvalue weighted by Crippen LogP contribution is -2.31. The van der Waals surface area contributed by atoms with Gasteiger partial charge in [-0.05, 0) is 30.5 Å². The highest BCUT2D eigenvalue weighted by molar-refractivity contribution is 5.74. The smallest absolute Gasteiger partial charge is 0.329 e. The van der Waals surface area contributed by atoms with Gasteiger partial charge < -0.3 is 19.7 Å². The molecule has 0 radical (unpaired) electrons. The fourth-order valence-corrected chi connectivity index (χ4v) is 3.24. The van der Waals surface area contributed by atoms with Crippen molar-refractivity contribution in [3.05, 3.63) is 50.7 Å². The minimum Gasteiger partial charge on any atom is -0.491 e. The summed E-state index contributed by atoms with van der Waals surface area (Å²) >= 11 is 0. The monoisotopic (exact) mass is 415 g/mol. The molecule has 9 nitrogen and oxygen atoms in total. The van der Waals surface area contributed by atoms with Gasteiger partial charge in [-0.1, -0.05) is 32.4 Å². The van der Waals surface area contributed by atoms with Crippen molar-refractivity contribution in [2.45, 2.75) is 45.8 Å². The van der Waals surface area contributed by atoms with Gasteiger partial charge in [0.05, 0.1) is 6.54 Å². The molecule has 0 amide bonds. The van der Waals surface area contributed by atoms with Gasteiger partial charge >= 0.3 is 5.69 Å². The third-order valence-electron chi connectivity index (χ3n) is 4.96. The summed E-state index contributed by atoms with van der Waals surface area (Å²) in [4.78, 5) is 31.2. The van der Waals surface area contributed by atoms with Crippen molar-refractivity contribution in [1.29, 1.82) is 0 Å². The Labute approximate surface area is 174 Å². The van der Waals surface area contributed by atoms with Gasteiger partial charge in [0.25, 0.3) is 5.56 Å². The van der Waals surface area contributed by atoms with E-state index in [-0.39, 0.29) is 24.3 Å². The van der Waals surface area contributed by atoms with Crippen LogP contribution in [0.3, 0.4) is 0 Å². The third kappa shape index (κ3) is 4.73. The quantitative estimate of drug-likeness (QED) is 0.434. The van der Waals surface area contributed by atoms with Crippen LogP contribution < -0.4 is 21.3 Å². The molecule has 0 fully saturated rings. The Balaban J connectivity index is 1.85. The highest BCUT2D eigenvalue weighted by atomic mass is 16.5. The number of aryl methyl sites for hydroxylation is 2. The standard InChI is InChI=1S/C21H29N5O4/c1-4-6-10-22-20-23-18-17(19(28)24-21(29)25(18)3)26(20)12-15(27)13-30-16-9-7-8-14(5-2)11-16/h7-9,11,15,27H,4-6,10,12-13H2,1-3H3,(H,22,23)(H,24,28,29)/t15-/m0/s1. The van der Waals surface area contributed by atoms with Gasteiger partial charge in [0, 0.05) is 13.6 Å². The van der Waals surface area contributed by atoms with E-state index in [1.165, 1.54) is 4.57 Å². The van der Waals surface area contributed by atoms with E-state index in [2.05, 4.69) is 29.1 Å². The van der Waals surface area contributed by atoms with Crippen molar-refractivity contribution in [1.82, 2.24) is 19.1 Å². The number of nitrogens with zero attached hydrogens (tertiary/aromatic N) is 3. The maximum absolute atomic E-state index is 12.5. The Morgan fingerprint density at radius 2 is 2.10 bits per heavy atom. The molecule has 0 unspecified atom stereocenters. The molecule has 1 aromatic carbocycles. The lowest BCUT2D eigenvalue weighted by molar-refractivity contribution is 0.0938. The molecular formula is C21H29N5O4. The molecule has 2 aromatic heterocycles. The number of aliphatic hydroxyl groups is 1. The van der Waals surface area contributed by atoms with Crippen molar-refractivity contribution in [2.75, 3.05) is 18.5 Å². The molecule has 3 aromatic rings. The van der Waals surface area contributed by atoms with Crippen LogP contribution in [-0.2, 0) is 20.0 Å². The van der Waals surface area contributed by atoms with Crippen LogP contribution in [0.4, 0.5) is 5.95 Å². The van der Waals surface area contributed by atoms with Crippen LogP contribution in [0.2, 0.25) is 0 Å². The molecule has 162 valence electrons. The number of aromatic amines is 1. The summed E-state index contributed by atoms with van der Waals surface area (Å²) in [6.45, 7) is 4.97. The predicted molar refractivity (Wildman–Crippen MR) is 116 cm³/mol. The van der Waals surface area contributed by atoms with Gasteiger partial charge in [-0.25, -0.2) is 4.79 Å². The lowest BCUT2D eigenvalue weighted by Gasteiger charge is -2.16. The Morgan fingerprint density at radius 1 is 1.30 bits per heavy atom. The van der Waals surface area contributed by atoms with Crippen LogP contribution in [0.1, 0.15) is 32.3 Å². The zero-order valence-corrected chi connectivity index (χ0v) is 17.6. The van der Waals surface area contributed by atoms with Crippen LogP contribution in [0.25, 0.3) is 11.2 Å². The van der Waals surface area contributed by atoms with Gasteiger partial charge in [-0.15, -0.1) is 0 Å². The van der Waals surface area contributed by atoms with Gasteiger partial charge in [0.2, 0.25) is 5.95 Å². The minimum absolute atomic E-state index is 0.0604. The number of hydrogen-bond acceptors (Lipinski definition) is 6. The summed E-state index contributed by atoms with van der Waals surface area (Å²) in [6.07, 6.45) is 1.95. The zero-order chi connectivity index (χ0) is 21.7. The van der Waals surface area contributed by atoms with Gasteiger partial charge in [0.1, 0.15) is 18.5 Å². The molecule has 3 rings (SSSR count). The van der Waals surface area contributed by atoms with Crippen molar-refractivity contribution >= 4 is 17.1 Å². The number of hydrogen-bond donors (Lipinski definition) is 3. The first-order chi connectivity index (χ1) is 14.4. The van der Waals surface area contributed by atoms with E-state index in [9.17, 15) is 14.7 Å². The number of anilines is 1. The molecule has 0 spiro atoms. The molecule has 0 saturated carbocycles. The summed E-state index contributed by atoms with van der Waals surface area (Å²) in [5.41, 5.74) is 0.594. The Hall–Kier alpha value is -3.07. The van der Waals surface area contributed by atoms with Crippen LogP contribution in [-0.4, -0.2) is 43.5 Å². The SMILES string of the molecule is CCCCNc1nc2c(c(=O)[nH]c(=O)n2C)n1C[C@H](O)COc1cccc(CC)c1. The maximum Gasteiger partial charge on any atom is 0.329 e. The lowest BCUT2D eigenvalue weighted by atomic mass is 10.2. The zero-order valence-electron chi connectivity index (χ0n) is 17.6. The number of nitrogens with one attached hydrogen (secondary N) is 2. The van der Waals surface area contributed by atoms with Gasteiger partial charge in [-0.3, -0.25) is 14.3 Å². The largest absolute Gasteiger partial charge is 0.491 e. The Bertz CT molecular complexity index is 1110. The van der Waals surface area contributed by atoms with E-state index >= 15 is 0 Å². The van der Waals surface area contributed by atoms with E-state index in [0.717, 1.165) is 24.8 Å². The van der Waals surface area contributed by atoms with Crippen LogP contribution in [0.15, 0.2) is 33.9 Å². The predicted octanol–water partition coefficient (Wildman–Crippen LogP) is 1.64. The molecular weight excluding hydrogens is 386 g/mol. The first-order valence-corrected chi connectivity index (χ1v) is 10.3. The Morgan fingerprint density at radius 3 is 2.83 bits per heavy atom. The number of benzene rings is 1. The van der Waals surface area contributed by atoms with Crippen molar-refractivity contribution in [3.63, 3.8) is 0 Å². The van der Waals surface area contributed by atoms with E-state index in [1.807, 2.05) is 24.3 Å². The molecule has 9 heteroatoms. The molecule has 0 aliphatic heterocycles. The highest BCUT2D eigenvalue weighted by Crippen LogP contribution is 2.18. The summed E-state index contributed by atoms with van der Waals surface area (Å²) < 4.78 is 8.64. The fourth-order valence-electron chi connectivity index (χ4n) is 3.24. The van der Waals surface area contributed by atoms with E-state index in [4.69, 9.17) is 4.74 Å². The number of ether oxygens (including phenoxy) is 1. The number of aromatic nitrogens is 4. The first kappa shape index (κ1) is 21.6. The molecule has 30 heavy (non-hydrogen) atoms. The number of unbranched alkanes of at least 4 members (excludes halogenated alkanes) is 1. The molecule has 2 heterocycles. The topological polar surface area (TPSA) is 114 Å². The molecule has 0 aliphatic rings. The highest BCUT2D eigenvalue weighted by Gasteiger charge is 2.19. The van der Waals surface area contributed by atoms with Crippen LogP contribution >= 0.6 is 0 Å². The third-order valence-corrected chi connectivity index (χ3v) is 4.96. The van der Waals surface area contributed by atoms with Crippen LogP contribution in [0, 0.1) is 0 Å². The van der Waals surface area contributed by atoms with E-state index in [0.29, 0.717) is 18.2 Å².